The quantitative estimate of drug-likeness (QED) is 0.177. The SMILES string of the molecule is [2H]c1c([2H])c([2H])c(-c2nc(-c3cccc4c3sc3c5ccccc5ccc43)nc(-c3cccc4sc5ccc(-c6ccccc6-c6ccccc6)cc5c34)n2)c([2H])c1[2H]. The zero-order valence-corrected chi connectivity index (χ0v) is 30.1. The van der Waals surface area contributed by atoms with Crippen molar-refractivity contribution in [1.29, 1.82) is 0 Å². The van der Waals surface area contributed by atoms with E-state index in [1.54, 1.807) is 22.7 Å². The van der Waals surface area contributed by atoms with Gasteiger partial charge in [0.1, 0.15) is 0 Å². The van der Waals surface area contributed by atoms with E-state index >= 15 is 0 Å². The Morgan fingerprint density at radius 2 is 1.06 bits per heavy atom. The maximum absolute atomic E-state index is 8.93. The molecule has 3 nitrogen and oxygen atoms in total. The minimum atomic E-state index is -0.473. The molecule has 0 amide bonds. The van der Waals surface area contributed by atoms with Crippen LogP contribution in [-0.4, -0.2) is 15.0 Å². The zero-order valence-electron chi connectivity index (χ0n) is 33.5. The Bertz CT molecular complexity index is 3500. The van der Waals surface area contributed by atoms with E-state index in [2.05, 4.69) is 109 Å². The topological polar surface area (TPSA) is 38.7 Å². The predicted octanol–water partition coefficient (Wildman–Crippen LogP) is 14.1. The molecule has 3 heterocycles. The van der Waals surface area contributed by atoms with Crippen LogP contribution >= 0.6 is 22.7 Å². The lowest BCUT2D eigenvalue weighted by molar-refractivity contribution is 1.08. The summed E-state index contributed by atoms with van der Waals surface area (Å²) >= 11 is 3.37. The molecular formula is C49H29N3S2. The van der Waals surface area contributed by atoms with Crippen molar-refractivity contribution in [2.75, 3.05) is 0 Å². The van der Waals surface area contributed by atoms with Crippen molar-refractivity contribution in [3.8, 4) is 56.4 Å². The predicted molar refractivity (Wildman–Crippen MR) is 230 cm³/mol. The molecule has 0 unspecified atom stereocenters. The summed E-state index contributed by atoms with van der Waals surface area (Å²) < 4.78 is 47.5. The first-order chi connectivity index (χ1) is 28.8. The van der Waals surface area contributed by atoms with Crippen LogP contribution < -0.4 is 0 Å². The summed E-state index contributed by atoms with van der Waals surface area (Å²) in [5.74, 6) is 0.715. The van der Waals surface area contributed by atoms with Crippen LogP contribution in [0.4, 0.5) is 0 Å². The molecule has 0 radical (unpaired) electrons. The highest BCUT2D eigenvalue weighted by atomic mass is 32.1. The van der Waals surface area contributed by atoms with Crippen LogP contribution in [0, 0.1) is 0 Å². The van der Waals surface area contributed by atoms with Crippen molar-refractivity contribution in [2.24, 2.45) is 0 Å². The molecule has 0 bridgehead atoms. The summed E-state index contributed by atoms with van der Waals surface area (Å²) in [7, 11) is 0. The largest absolute Gasteiger partial charge is 0.208 e. The fraction of sp³-hybridized carbons (Fsp3) is 0. The van der Waals surface area contributed by atoms with Gasteiger partial charge in [0.05, 0.1) is 6.85 Å². The van der Waals surface area contributed by atoms with Crippen molar-refractivity contribution in [3.63, 3.8) is 0 Å². The minimum absolute atomic E-state index is 0.0135. The molecule has 0 aliphatic carbocycles. The monoisotopic (exact) mass is 728 g/mol. The normalized spacial score (nSPS) is 13.0. The molecule has 11 aromatic rings. The van der Waals surface area contributed by atoms with Crippen molar-refractivity contribution in [2.45, 2.75) is 0 Å². The molecule has 0 saturated heterocycles. The second-order valence-corrected chi connectivity index (χ2v) is 15.3. The van der Waals surface area contributed by atoms with Gasteiger partial charge < -0.3 is 0 Å². The highest BCUT2D eigenvalue weighted by Gasteiger charge is 2.20. The van der Waals surface area contributed by atoms with Crippen LogP contribution in [0.1, 0.15) is 6.85 Å². The molecule has 11 rings (SSSR count). The summed E-state index contributed by atoms with van der Waals surface area (Å²) in [5.41, 5.74) is 5.93. The average Bonchev–Trinajstić information content (AvgIpc) is 3.86. The van der Waals surface area contributed by atoms with Gasteiger partial charge in [-0.1, -0.05) is 152 Å². The second-order valence-electron chi connectivity index (χ2n) is 13.2. The first-order valence-electron chi connectivity index (χ1n) is 20.1. The molecule has 0 spiro atoms. The van der Waals surface area contributed by atoms with Crippen LogP contribution in [-0.2, 0) is 0 Å². The Labute approximate surface area is 326 Å². The van der Waals surface area contributed by atoms with E-state index in [9.17, 15) is 0 Å². The Hall–Kier alpha value is -6.53. The van der Waals surface area contributed by atoms with Gasteiger partial charge in [0.25, 0.3) is 0 Å². The van der Waals surface area contributed by atoms with Crippen LogP contribution in [0.15, 0.2) is 176 Å². The molecule has 8 aromatic carbocycles. The molecule has 3 aromatic heterocycles. The third-order valence-electron chi connectivity index (χ3n) is 10.0. The van der Waals surface area contributed by atoms with Gasteiger partial charge in [0.15, 0.2) is 17.5 Å². The van der Waals surface area contributed by atoms with Gasteiger partial charge in [-0.05, 0) is 57.3 Å². The van der Waals surface area contributed by atoms with Crippen molar-refractivity contribution >= 4 is 73.8 Å². The lowest BCUT2D eigenvalue weighted by Crippen LogP contribution is -2.00. The van der Waals surface area contributed by atoms with Crippen molar-refractivity contribution in [1.82, 2.24) is 15.0 Å². The zero-order chi connectivity index (χ0) is 39.9. The smallest absolute Gasteiger partial charge is 0.165 e. The fourth-order valence-electron chi connectivity index (χ4n) is 7.58. The van der Waals surface area contributed by atoms with E-state index in [1.807, 2.05) is 36.4 Å². The highest BCUT2D eigenvalue weighted by Crippen LogP contribution is 2.45. The van der Waals surface area contributed by atoms with E-state index < -0.39 is 18.1 Å². The van der Waals surface area contributed by atoms with Gasteiger partial charge in [0, 0.05) is 57.0 Å². The van der Waals surface area contributed by atoms with Crippen LogP contribution in [0.2, 0.25) is 0 Å². The molecule has 0 N–H and O–H groups in total. The maximum atomic E-state index is 8.93. The van der Waals surface area contributed by atoms with E-state index in [1.165, 1.54) is 0 Å². The first kappa shape index (κ1) is 26.3. The molecule has 5 heteroatoms. The molecule has 0 saturated carbocycles. The average molecular weight is 729 g/mol. The number of nitrogens with zero attached hydrogens (tertiary/aromatic N) is 3. The minimum Gasteiger partial charge on any atom is -0.208 e. The molecule has 0 atom stereocenters. The molecular weight excluding hydrogens is 695 g/mol. The maximum Gasteiger partial charge on any atom is 0.165 e. The van der Waals surface area contributed by atoms with Crippen LogP contribution in [0.25, 0.3) is 108 Å². The third kappa shape index (κ3) is 5.05. The number of hydrogen-bond acceptors (Lipinski definition) is 5. The van der Waals surface area contributed by atoms with E-state index in [0.29, 0.717) is 11.6 Å². The number of hydrogen-bond donors (Lipinski definition) is 0. The van der Waals surface area contributed by atoms with E-state index in [-0.39, 0.29) is 23.5 Å². The summed E-state index contributed by atoms with van der Waals surface area (Å²) in [4.78, 5) is 15.2. The Morgan fingerprint density at radius 3 is 1.93 bits per heavy atom. The van der Waals surface area contributed by atoms with Gasteiger partial charge in [-0.25, -0.2) is 15.0 Å². The van der Waals surface area contributed by atoms with Gasteiger partial charge in [0.2, 0.25) is 0 Å². The summed E-state index contributed by atoms with van der Waals surface area (Å²) in [6.45, 7) is 0. The highest BCUT2D eigenvalue weighted by molar-refractivity contribution is 7.27. The first-order valence-corrected chi connectivity index (χ1v) is 19.2. The summed E-state index contributed by atoms with van der Waals surface area (Å²) in [5, 5.41) is 6.53. The van der Waals surface area contributed by atoms with E-state index in [4.69, 9.17) is 21.8 Å². The van der Waals surface area contributed by atoms with Crippen molar-refractivity contribution < 1.29 is 6.85 Å². The summed E-state index contributed by atoms with van der Waals surface area (Å²) in [6, 6.07) is 48.1. The van der Waals surface area contributed by atoms with Crippen LogP contribution in [0.3, 0.4) is 0 Å². The van der Waals surface area contributed by atoms with Crippen molar-refractivity contribution in [3.05, 3.63) is 176 Å². The number of benzene rings is 8. The summed E-state index contributed by atoms with van der Waals surface area (Å²) in [6.07, 6.45) is 0. The Morgan fingerprint density at radius 1 is 0.389 bits per heavy atom. The standard InChI is InChI=1S/C49H29N3S2/c1-3-13-30(14-4-1)34-18-9-10-19-35(34)33-26-28-42-41(29-33)44-39(22-12-24-43(44)53-42)48-50-47(32-16-5-2-6-17-32)51-49(52-48)40-23-11-21-37-38-27-25-31-15-7-8-20-36(31)45(38)54-46(37)40/h1-29H/i2D,5D,6D,16D,17D. The second kappa shape index (κ2) is 12.6. The molecule has 0 fully saturated rings. The van der Waals surface area contributed by atoms with Gasteiger partial charge in [-0.15, -0.1) is 22.7 Å². The lowest BCUT2D eigenvalue weighted by Gasteiger charge is -2.11. The fourth-order valence-corrected chi connectivity index (χ4v) is 10.0. The number of thiophene rings is 2. The van der Waals surface area contributed by atoms with Gasteiger partial charge in [-0.2, -0.15) is 0 Å². The Balaban J connectivity index is 1.18. The van der Waals surface area contributed by atoms with Crippen LogP contribution in [0.5, 0.6) is 0 Å². The number of fused-ring (bicyclic) bond motifs is 8. The molecule has 54 heavy (non-hydrogen) atoms. The van der Waals surface area contributed by atoms with Gasteiger partial charge >= 0.3 is 0 Å². The molecule has 0 aliphatic heterocycles. The molecule has 0 aliphatic rings. The number of rotatable bonds is 5. The molecule has 252 valence electrons. The Kier molecular flexibility index (Phi) is 6.11. The lowest BCUT2D eigenvalue weighted by atomic mass is 9.93. The number of aromatic nitrogens is 3. The third-order valence-corrected chi connectivity index (χ3v) is 12.5. The van der Waals surface area contributed by atoms with E-state index in [0.717, 1.165) is 84.5 Å². The van der Waals surface area contributed by atoms with Gasteiger partial charge in [-0.3, -0.25) is 0 Å².